The summed E-state index contributed by atoms with van der Waals surface area (Å²) in [7, 11) is 1.96. The molecule has 3 rings (SSSR count). The van der Waals surface area contributed by atoms with Gasteiger partial charge in [-0.1, -0.05) is 48.2 Å². The minimum absolute atomic E-state index is 0.888. The van der Waals surface area contributed by atoms with Gasteiger partial charge in [0.2, 0.25) is 0 Å². The number of hydrogen-bond acceptors (Lipinski definition) is 2. The predicted molar refractivity (Wildman–Crippen MR) is 95.0 cm³/mol. The third kappa shape index (κ3) is 3.49. The van der Waals surface area contributed by atoms with Crippen LogP contribution in [0.25, 0.3) is 10.8 Å². The number of rotatable bonds is 4. The summed E-state index contributed by atoms with van der Waals surface area (Å²) in [5.74, 6) is 0. The summed E-state index contributed by atoms with van der Waals surface area (Å²) in [6, 6.07) is 21.6. The van der Waals surface area contributed by atoms with Gasteiger partial charge in [0.1, 0.15) is 0 Å². The summed E-state index contributed by atoms with van der Waals surface area (Å²) in [5, 5.41) is 5.74. The number of hydrogen-bond donors (Lipinski definition) is 1. The van der Waals surface area contributed by atoms with Crippen LogP contribution in [0.2, 0.25) is 0 Å². The minimum Gasteiger partial charge on any atom is -0.316 e. The van der Waals surface area contributed by atoms with Crippen LogP contribution >= 0.6 is 27.7 Å². The molecule has 106 valence electrons. The molecular formula is C18H16BrNS. The van der Waals surface area contributed by atoms with E-state index in [1.54, 1.807) is 11.8 Å². The van der Waals surface area contributed by atoms with Gasteiger partial charge in [-0.15, -0.1) is 0 Å². The van der Waals surface area contributed by atoms with Crippen molar-refractivity contribution in [3.8, 4) is 0 Å². The van der Waals surface area contributed by atoms with E-state index in [-0.39, 0.29) is 0 Å². The van der Waals surface area contributed by atoms with Crippen molar-refractivity contribution >= 4 is 38.5 Å². The van der Waals surface area contributed by atoms with Crippen molar-refractivity contribution in [3.63, 3.8) is 0 Å². The topological polar surface area (TPSA) is 12.0 Å². The van der Waals surface area contributed by atoms with Gasteiger partial charge in [0, 0.05) is 20.8 Å². The Hall–Kier alpha value is -1.29. The van der Waals surface area contributed by atoms with Crippen LogP contribution in [-0.4, -0.2) is 7.05 Å². The summed E-state index contributed by atoms with van der Waals surface area (Å²) in [5.41, 5.74) is 1.28. The SMILES string of the molecule is CNCc1ccc(Sc2ccc3ccccc3c2)c(Br)c1. The third-order valence-corrected chi connectivity index (χ3v) is 5.31. The molecule has 3 aromatic rings. The molecule has 0 aliphatic heterocycles. The molecule has 0 aliphatic rings. The van der Waals surface area contributed by atoms with E-state index in [0.717, 1.165) is 11.0 Å². The number of fused-ring (bicyclic) bond motifs is 1. The molecule has 0 fully saturated rings. The van der Waals surface area contributed by atoms with Gasteiger partial charge < -0.3 is 5.32 Å². The van der Waals surface area contributed by atoms with Crippen molar-refractivity contribution in [1.82, 2.24) is 5.32 Å². The van der Waals surface area contributed by atoms with Gasteiger partial charge in [-0.25, -0.2) is 0 Å². The molecule has 0 unspecified atom stereocenters. The average molecular weight is 358 g/mol. The largest absolute Gasteiger partial charge is 0.316 e. The molecule has 1 N–H and O–H groups in total. The third-order valence-electron chi connectivity index (χ3n) is 3.33. The second-order valence-electron chi connectivity index (χ2n) is 4.91. The molecule has 0 amide bonds. The maximum atomic E-state index is 3.68. The zero-order valence-electron chi connectivity index (χ0n) is 11.8. The van der Waals surface area contributed by atoms with Crippen LogP contribution in [0.3, 0.4) is 0 Å². The Balaban J connectivity index is 1.87. The van der Waals surface area contributed by atoms with Crippen molar-refractivity contribution in [2.45, 2.75) is 16.3 Å². The van der Waals surface area contributed by atoms with Crippen LogP contribution < -0.4 is 5.32 Å². The highest BCUT2D eigenvalue weighted by molar-refractivity contribution is 9.10. The maximum Gasteiger partial charge on any atom is 0.0318 e. The Morgan fingerprint density at radius 1 is 0.952 bits per heavy atom. The van der Waals surface area contributed by atoms with Crippen LogP contribution in [0.5, 0.6) is 0 Å². The van der Waals surface area contributed by atoms with Crippen LogP contribution in [0, 0.1) is 0 Å². The molecule has 0 heterocycles. The zero-order chi connectivity index (χ0) is 14.7. The van der Waals surface area contributed by atoms with E-state index in [2.05, 4.69) is 81.9 Å². The normalized spacial score (nSPS) is 11.0. The van der Waals surface area contributed by atoms with Gasteiger partial charge in [-0.2, -0.15) is 0 Å². The number of benzene rings is 3. The number of nitrogens with one attached hydrogen (secondary N) is 1. The molecule has 0 aliphatic carbocycles. The Kier molecular flexibility index (Phi) is 4.63. The second kappa shape index (κ2) is 6.65. The van der Waals surface area contributed by atoms with E-state index in [1.165, 1.54) is 26.1 Å². The Morgan fingerprint density at radius 2 is 1.76 bits per heavy atom. The number of halogens is 1. The van der Waals surface area contributed by atoms with Gasteiger partial charge in [0.25, 0.3) is 0 Å². The lowest BCUT2D eigenvalue weighted by molar-refractivity contribution is 0.816. The molecule has 3 heteroatoms. The molecule has 0 saturated heterocycles. The Morgan fingerprint density at radius 3 is 2.52 bits per heavy atom. The maximum absolute atomic E-state index is 3.68. The first-order chi connectivity index (χ1) is 10.3. The standard InChI is InChI=1S/C18H16BrNS/c1-20-12-13-6-9-18(17(19)10-13)21-16-8-7-14-4-2-3-5-15(14)11-16/h2-11,20H,12H2,1H3. The first-order valence-electron chi connectivity index (χ1n) is 6.86. The fourth-order valence-corrected chi connectivity index (χ4v) is 3.84. The van der Waals surface area contributed by atoms with Crippen molar-refractivity contribution in [2.75, 3.05) is 7.05 Å². The van der Waals surface area contributed by atoms with Crippen molar-refractivity contribution in [1.29, 1.82) is 0 Å². The predicted octanol–water partition coefficient (Wildman–Crippen LogP) is 5.47. The summed E-state index contributed by atoms with van der Waals surface area (Å²) in [6.45, 7) is 0.888. The summed E-state index contributed by atoms with van der Waals surface area (Å²) < 4.78 is 1.15. The van der Waals surface area contributed by atoms with Crippen LogP contribution in [0.1, 0.15) is 5.56 Å². The van der Waals surface area contributed by atoms with E-state index in [4.69, 9.17) is 0 Å². The molecule has 3 aromatic carbocycles. The fraction of sp³-hybridized carbons (Fsp3) is 0.111. The van der Waals surface area contributed by atoms with Crippen LogP contribution in [0.4, 0.5) is 0 Å². The monoisotopic (exact) mass is 357 g/mol. The molecule has 0 bridgehead atoms. The van der Waals surface area contributed by atoms with E-state index in [1.807, 2.05) is 7.05 Å². The highest BCUT2D eigenvalue weighted by Gasteiger charge is 2.04. The smallest absolute Gasteiger partial charge is 0.0318 e. The van der Waals surface area contributed by atoms with Crippen molar-refractivity contribution in [3.05, 3.63) is 70.7 Å². The van der Waals surface area contributed by atoms with Gasteiger partial charge >= 0.3 is 0 Å². The lowest BCUT2D eigenvalue weighted by atomic mass is 10.1. The average Bonchev–Trinajstić information content (AvgIpc) is 2.50. The lowest BCUT2D eigenvalue weighted by Crippen LogP contribution is -2.04. The molecule has 21 heavy (non-hydrogen) atoms. The highest BCUT2D eigenvalue weighted by atomic mass is 79.9. The molecule has 0 atom stereocenters. The van der Waals surface area contributed by atoms with E-state index < -0.39 is 0 Å². The lowest BCUT2D eigenvalue weighted by Gasteiger charge is -2.08. The van der Waals surface area contributed by atoms with Crippen molar-refractivity contribution in [2.24, 2.45) is 0 Å². The fourth-order valence-electron chi connectivity index (χ4n) is 2.30. The molecular weight excluding hydrogens is 342 g/mol. The zero-order valence-corrected chi connectivity index (χ0v) is 14.2. The Bertz CT molecular complexity index is 770. The molecule has 0 saturated carbocycles. The van der Waals surface area contributed by atoms with Crippen LogP contribution in [0.15, 0.2) is 74.9 Å². The summed E-state index contributed by atoms with van der Waals surface area (Å²) in [4.78, 5) is 2.50. The minimum atomic E-state index is 0.888. The van der Waals surface area contributed by atoms with Gasteiger partial charge in [0.05, 0.1) is 0 Å². The summed E-state index contributed by atoms with van der Waals surface area (Å²) >= 11 is 5.46. The van der Waals surface area contributed by atoms with Gasteiger partial charge in [-0.3, -0.25) is 0 Å². The van der Waals surface area contributed by atoms with E-state index in [0.29, 0.717) is 0 Å². The summed E-state index contributed by atoms with van der Waals surface area (Å²) in [6.07, 6.45) is 0. The molecule has 1 nitrogen and oxygen atoms in total. The van der Waals surface area contributed by atoms with Gasteiger partial charge in [0.15, 0.2) is 0 Å². The first-order valence-corrected chi connectivity index (χ1v) is 8.47. The molecule has 0 radical (unpaired) electrons. The molecule has 0 aromatic heterocycles. The first kappa shape index (κ1) is 14.6. The van der Waals surface area contributed by atoms with E-state index >= 15 is 0 Å². The van der Waals surface area contributed by atoms with Gasteiger partial charge in [-0.05, 0) is 63.6 Å². The highest BCUT2D eigenvalue weighted by Crippen LogP contribution is 2.35. The van der Waals surface area contributed by atoms with Crippen LogP contribution in [-0.2, 0) is 6.54 Å². The van der Waals surface area contributed by atoms with E-state index in [9.17, 15) is 0 Å². The quantitative estimate of drug-likeness (QED) is 0.663. The second-order valence-corrected chi connectivity index (χ2v) is 6.88. The Labute approximate surface area is 137 Å². The molecule has 0 spiro atoms. The van der Waals surface area contributed by atoms with Crippen molar-refractivity contribution < 1.29 is 0 Å².